The maximum absolute atomic E-state index is 14.3. The highest BCUT2D eigenvalue weighted by Gasteiger charge is 2.66. The number of carbonyl (C=O) groups excluding carboxylic acids is 2. The van der Waals surface area contributed by atoms with Crippen molar-refractivity contribution < 1.29 is 32.3 Å². The van der Waals surface area contributed by atoms with Gasteiger partial charge in [-0.1, -0.05) is 48.0 Å². The normalized spacial score (nSPS) is 25.0. The molecule has 2 amide bonds. The molecule has 9 heteroatoms. The molecule has 0 radical (unpaired) electrons. The van der Waals surface area contributed by atoms with Gasteiger partial charge in [0, 0.05) is 11.1 Å². The molecule has 1 aliphatic rings. The van der Waals surface area contributed by atoms with Crippen molar-refractivity contribution in [1.82, 2.24) is 10.6 Å². The van der Waals surface area contributed by atoms with Gasteiger partial charge in [-0.15, -0.1) is 0 Å². The quantitative estimate of drug-likeness (QED) is 0.551. The summed E-state index contributed by atoms with van der Waals surface area (Å²) < 4.78 is 55.5. The number of hydrogen-bond acceptors (Lipinski definition) is 3. The lowest BCUT2D eigenvalue weighted by atomic mass is 9.77. The Bertz CT molecular complexity index is 914. The highest BCUT2D eigenvalue weighted by atomic mass is 19.4. The number of urea groups is 1. The van der Waals surface area contributed by atoms with Gasteiger partial charge in [0.25, 0.3) is 0 Å². The zero-order valence-electron chi connectivity index (χ0n) is 14.5. The molecular formula is C19H16F4N2O3. The third-order valence-electron chi connectivity index (χ3n) is 4.67. The van der Waals surface area contributed by atoms with Crippen LogP contribution in [0.3, 0.4) is 0 Å². The molecule has 1 heterocycles. The van der Waals surface area contributed by atoms with E-state index < -0.39 is 41.5 Å². The third kappa shape index (κ3) is 3.33. The molecule has 0 unspecified atom stereocenters. The molecule has 0 aromatic heterocycles. The molecule has 0 spiro atoms. The first-order valence-electron chi connectivity index (χ1n) is 8.27. The molecule has 3 atom stereocenters. The highest BCUT2D eigenvalue weighted by Crippen LogP contribution is 2.44. The molecule has 5 nitrogen and oxygen atoms in total. The zero-order valence-corrected chi connectivity index (χ0v) is 14.5. The standard InChI is InChI=1S/C19H16F4N2O3/c1-10-6-8-11(9-7-10)16(26)14-15(12-4-2-3-5-13(12)20)24-17(27)25-18(14,28)19(21,22)23/h2-9,14-15,28H,1H3,(H2,24,25,27)/t14-,15-,18-/m1/s1. The first-order chi connectivity index (χ1) is 13.0. The van der Waals surface area contributed by atoms with Gasteiger partial charge in [-0.25, -0.2) is 9.18 Å². The molecule has 28 heavy (non-hydrogen) atoms. The fourth-order valence-corrected chi connectivity index (χ4v) is 3.22. The van der Waals surface area contributed by atoms with E-state index in [2.05, 4.69) is 5.32 Å². The Kier molecular flexibility index (Phi) is 4.88. The topological polar surface area (TPSA) is 78.4 Å². The summed E-state index contributed by atoms with van der Waals surface area (Å²) in [4.78, 5) is 24.9. The van der Waals surface area contributed by atoms with Crippen molar-refractivity contribution in [3.63, 3.8) is 0 Å². The summed E-state index contributed by atoms with van der Waals surface area (Å²) in [6.07, 6.45) is -5.39. The minimum atomic E-state index is -5.39. The number of nitrogens with one attached hydrogen (secondary N) is 2. The van der Waals surface area contributed by atoms with Gasteiger partial charge in [0.2, 0.25) is 5.72 Å². The van der Waals surface area contributed by atoms with Crippen LogP contribution in [0.25, 0.3) is 0 Å². The average molecular weight is 396 g/mol. The number of aliphatic hydroxyl groups is 1. The maximum Gasteiger partial charge on any atom is 0.437 e. The van der Waals surface area contributed by atoms with E-state index in [1.807, 2.05) is 0 Å². The maximum atomic E-state index is 14.3. The number of Topliss-reactive ketones (excluding diaryl/α,β-unsaturated/α-hetero) is 1. The van der Waals surface area contributed by atoms with Crippen LogP contribution in [0.1, 0.15) is 27.5 Å². The highest BCUT2D eigenvalue weighted by molar-refractivity contribution is 6.00. The van der Waals surface area contributed by atoms with Crippen molar-refractivity contribution in [2.45, 2.75) is 24.9 Å². The number of benzene rings is 2. The summed E-state index contributed by atoms with van der Waals surface area (Å²) in [5.74, 6) is -4.27. The van der Waals surface area contributed by atoms with Gasteiger partial charge in [-0.05, 0) is 13.0 Å². The van der Waals surface area contributed by atoms with Crippen LogP contribution in [0, 0.1) is 18.7 Å². The Labute approximate surface area is 157 Å². The SMILES string of the molecule is Cc1ccc(C(=O)[C@H]2[C@@H](c3ccccc3F)NC(=O)N[C@]2(O)C(F)(F)F)cc1. The molecule has 148 valence electrons. The van der Waals surface area contributed by atoms with Gasteiger partial charge in [0.15, 0.2) is 5.78 Å². The lowest BCUT2D eigenvalue weighted by Crippen LogP contribution is -2.72. The Hall–Kier alpha value is -2.94. The minimum Gasteiger partial charge on any atom is -0.363 e. The Morgan fingerprint density at radius 3 is 2.29 bits per heavy atom. The van der Waals surface area contributed by atoms with Crippen LogP contribution in [0.15, 0.2) is 48.5 Å². The van der Waals surface area contributed by atoms with Gasteiger partial charge >= 0.3 is 12.2 Å². The largest absolute Gasteiger partial charge is 0.437 e. The predicted molar refractivity (Wildman–Crippen MR) is 90.8 cm³/mol. The van der Waals surface area contributed by atoms with E-state index in [0.29, 0.717) is 0 Å². The lowest BCUT2D eigenvalue weighted by molar-refractivity contribution is -0.287. The second-order valence-corrected chi connectivity index (χ2v) is 6.57. The van der Waals surface area contributed by atoms with Crippen LogP contribution >= 0.6 is 0 Å². The number of alkyl halides is 3. The molecule has 1 fully saturated rings. The monoisotopic (exact) mass is 396 g/mol. The van der Waals surface area contributed by atoms with E-state index >= 15 is 0 Å². The Balaban J connectivity index is 2.18. The van der Waals surface area contributed by atoms with Gasteiger partial charge in [0.05, 0.1) is 6.04 Å². The molecule has 2 aromatic carbocycles. The fraction of sp³-hybridized carbons (Fsp3) is 0.263. The fourth-order valence-electron chi connectivity index (χ4n) is 3.22. The summed E-state index contributed by atoms with van der Waals surface area (Å²) in [7, 11) is 0. The minimum absolute atomic E-state index is 0.113. The average Bonchev–Trinajstić information content (AvgIpc) is 2.60. The number of aryl methyl sites for hydroxylation is 1. The van der Waals surface area contributed by atoms with E-state index in [0.717, 1.165) is 17.7 Å². The zero-order chi connectivity index (χ0) is 20.7. The van der Waals surface area contributed by atoms with Crippen molar-refractivity contribution in [2.75, 3.05) is 0 Å². The van der Waals surface area contributed by atoms with Crippen LogP contribution in [-0.2, 0) is 0 Å². The van der Waals surface area contributed by atoms with Crippen LogP contribution < -0.4 is 10.6 Å². The summed E-state index contributed by atoms with van der Waals surface area (Å²) in [5.41, 5.74) is -3.57. The van der Waals surface area contributed by atoms with E-state index in [9.17, 15) is 32.3 Å². The number of halogens is 4. The molecule has 1 aliphatic heterocycles. The number of carbonyl (C=O) groups is 2. The van der Waals surface area contributed by atoms with Gasteiger partial charge in [-0.3, -0.25) is 4.79 Å². The molecule has 1 saturated heterocycles. The first-order valence-corrected chi connectivity index (χ1v) is 8.27. The van der Waals surface area contributed by atoms with Crippen molar-refractivity contribution in [3.05, 3.63) is 71.0 Å². The molecule has 0 saturated carbocycles. The van der Waals surface area contributed by atoms with Crippen molar-refractivity contribution in [2.24, 2.45) is 5.92 Å². The summed E-state index contributed by atoms with van der Waals surface area (Å²) >= 11 is 0. The summed E-state index contributed by atoms with van der Waals surface area (Å²) in [6.45, 7) is 1.73. The van der Waals surface area contributed by atoms with Gasteiger partial charge < -0.3 is 15.7 Å². The van der Waals surface area contributed by atoms with E-state index in [-0.39, 0.29) is 11.1 Å². The summed E-state index contributed by atoms with van der Waals surface area (Å²) in [6, 6.07) is 7.35. The second-order valence-electron chi connectivity index (χ2n) is 6.57. The first kappa shape index (κ1) is 19.8. The van der Waals surface area contributed by atoms with Gasteiger partial charge in [-0.2, -0.15) is 13.2 Å². The smallest absolute Gasteiger partial charge is 0.363 e. The molecule has 3 N–H and O–H groups in total. The summed E-state index contributed by atoms with van der Waals surface area (Å²) in [5, 5.41) is 13.9. The third-order valence-corrected chi connectivity index (χ3v) is 4.67. The number of rotatable bonds is 3. The second kappa shape index (κ2) is 6.90. The van der Waals surface area contributed by atoms with Crippen LogP contribution in [0.5, 0.6) is 0 Å². The Morgan fingerprint density at radius 2 is 1.71 bits per heavy atom. The van der Waals surface area contributed by atoms with E-state index in [1.54, 1.807) is 6.92 Å². The number of amides is 2. The molecule has 2 aromatic rings. The van der Waals surface area contributed by atoms with Crippen molar-refractivity contribution >= 4 is 11.8 Å². The molecule has 3 rings (SSSR count). The Morgan fingerprint density at radius 1 is 1.11 bits per heavy atom. The van der Waals surface area contributed by atoms with Crippen LogP contribution in [-0.4, -0.2) is 28.8 Å². The van der Waals surface area contributed by atoms with E-state index in [1.165, 1.54) is 41.7 Å². The van der Waals surface area contributed by atoms with Gasteiger partial charge in [0.1, 0.15) is 11.7 Å². The predicted octanol–water partition coefficient (Wildman–Crippen LogP) is 3.24. The van der Waals surface area contributed by atoms with Crippen molar-refractivity contribution in [1.29, 1.82) is 0 Å². The van der Waals surface area contributed by atoms with Crippen LogP contribution in [0.4, 0.5) is 22.4 Å². The molecular weight excluding hydrogens is 380 g/mol. The van der Waals surface area contributed by atoms with Crippen LogP contribution in [0.2, 0.25) is 0 Å². The van der Waals surface area contributed by atoms with Crippen molar-refractivity contribution in [3.8, 4) is 0 Å². The van der Waals surface area contributed by atoms with E-state index in [4.69, 9.17) is 0 Å². The number of hydrogen-bond donors (Lipinski definition) is 3. The number of ketones is 1. The molecule has 0 bridgehead atoms. The lowest BCUT2D eigenvalue weighted by Gasteiger charge is -2.45. The molecule has 0 aliphatic carbocycles.